The van der Waals surface area contributed by atoms with Crippen molar-refractivity contribution >= 4 is 18.0 Å². The Balaban J connectivity index is 1.54. The monoisotopic (exact) mass is 428 g/mol. The number of aromatic nitrogens is 4. The second-order valence-corrected chi connectivity index (χ2v) is 9.03. The molecule has 2 saturated heterocycles. The summed E-state index contributed by atoms with van der Waals surface area (Å²) in [6.45, 7) is 4.63. The first-order valence-corrected chi connectivity index (χ1v) is 10.9. The zero-order valence-corrected chi connectivity index (χ0v) is 18.1. The minimum Gasteiger partial charge on any atom is -0.467 e. The zero-order valence-electron chi connectivity index (χ0n) is 18.1. The van der Waals surface area contributed by atoms with Crippen molar-refractivity contribution in [2.45, 2.75) is 25.6 Å². The molecule has 166 valence electrons. The predicted octanol–water partition coefficient (Wildman–Crippen LogP) is -0.0315. The third-order valence-electron chi connectivity index (χ3n) is 6.79. The predicted molar refractivity (Wildman–Crippen MR) is 115 cm³/mol. The number of fused-ring (bicyclic) bond motifs is 1. The number of ether oxygens (including phenoxy) is 1. The molecule has 2 fully saturated rings. The van der Waals surface area contributed by atoms with Gasteiger partial charge in [0.2, 0.25) is 0 Å². The van der Waals surface area contributed by atoms with Crippen molar-refractivity contribution in [3.05, 3.63) is 22.8 Å². The smallest absolute Gasteiger partial charge is 0.320 e. The van der Waals surface area contributed by atoms with Gasteiger partial charge in [0.25, 0.3) is 0 Å². The summed E-state index contributed by atoms with van der Waals surface area (Å²) in [5.74, 6) is 1.65. The van der Waals surface area contributed by atoms with Gasteiger partial charge >= 0.3 is 6.01 Å². The maximum absolute atomic E-state index is 14.9. The van der Waals surface area contributed by atoms with Gasteiger partial charge in [0.1, 0.15) is 12.0 Å². The van der Waals surface area contributed by atoms with Gasteiger partial charge in [0, 0.05) is 30.9 Å². The van der Waals surface area contributed by atoms with Crippen LogP contribution in [0.3, 0.4) is 0 Å². The van der Waals surface area contributed by atoms with Crippen molar-refractivity contribution in [3.63, 3.8) is 0 Å². The number of anilines is 1. The van der Waals surface area contributed by atoms with Gasteiger partial charge < -0.3 is 19.6 Å². The van der Waals surface area contributed by atoms with Crippen LogP contribution in [0.25, 0.3) is 18.0 Å². The minimum absolute atomic E-state index is 0.00276. The van der Waals surface area contributed by atoms with Crippen LogP contribution in [-0.4, -0.2) is 82.4 Å². The Labute approximate surface area is 180 Å². The third kappa shape index (κ3) is 3.70. The lowest BCUT2D eigenvalue weighted by Crippen LogP contribution is -2.51. The van der Waals surface area contributed by atoms with Crippen LogP contribution in [0.4, 0.5) is 10.2 Å². The number of β-amino-alcohol motifs (C(OH)–C–C–N with tert-alkyl or cyclic N) is 1. The number of aliphatic hydroxyl groups excluding tert-OH is 1. The molecule has 1 aliphatic carbocycles. The lowest BCUT2D eigenvalue weighted by molar-refractivity contribution is 0.0745. The maximum Gasteiger partial charge on any atom is 0.320 e. The van der Waals surface area contributed by atoms with Gasteiger partial charge in [-0.25, -0.2) is 9.07 Å². The van der Waals surface area contributed by atoms with E-state index in [-0.39, 0.29) is 29.9 Å². The molecular weight excluding hydrogens is 399 g/mol. The lowest BCUT2D eigenvalue weighted by Gasteiger charge is -2.38. The van der Waals surface area contributed by atoms with Crippen LogP contribution in [0.2, 0.25) is 0 Å². The van der Waals surface area contributed by atoms with E-state index in [1.165, 1.54) is 7.11 Å². The molecule has 0 bridgehead atoms. The lowest BCUT2D eigenvalue weighted by atomic mass is 9.74. The van der Waals surface area contributed by atoms with E-state index in [1.54, 1.807) is 4.68 Å². The molecule has 9 heteroatoms. The number of aliphatic hydroxyl groups is 1. The fourth-order valence-electron chi connectivity index (χ4n) is 5.00. The largest absolute Gasteiger partial charge is 0.467 e. The fraction of sp³-hybridized carbons (Fsp3) is 0.591. The van der Waals surface area contributed by atoms with Gasteiger partial charge in [0.15, 0.2) is 5.82 Å². The molecule has 0 radical (unpaired) electrons. The molecule has 5 rings (SSSR count). The Morgan fingerprint density at radius 3 is 2.65 bits per heavy atom. The molecule has 1 N–H and O–H groups in total. The topological polar surface area (TPSA) is 79.5 Å². The number of alkyl halides is 1. The Morgan fingerprint density at radius 2 is 1.94 bits per heavy atom. The number of likely N-dealkylation sites (tertiary alicyclic amines) is 1. The van der Waals surface area contributed by atoms with E-state index in [1.807, 2.05) is 24.2 Å². The summed E-state index contributed by atoms with van der Waals surface area (Å²) in [5, 5.41) is 16.2. The average Bonchev–Trinajstić information content (AvgIpc) is 3.13. The number of nitrogens with zero attached hydrogens (tertiary/aromatic N) is 6. The standard InChI is InChI=1S/C22H29FN6O2/c1-13-6-14-9-24-29(19(14)7-17(13)16-4-5-27(2)12-18(16)23)21-8-20(25-22(26-21)31-3)28-10-15(30)11-28/h6-9,13,15-18,30H,4-5,10-12H2,1-3H3/t13?,16-,17?,18-/m1/s1. The summed E-state index contributed by atoms with van der Waals surface area (Å²) >= 11 is 0. The summed E-state index contributed by atoms with van der Waals surface area (Å²) in [6, 6.07) is 2.11. The number of methoxy groups -OCH3 is 1. The van der Waals surface area contributed by atoms with Crippen LogP contribution in [0.15, 0.2) is 12.3 Å². The highest BCUT2D eigenvalue weighted by atomic mass is 19.1. The highest BCUT2D eigenvalue weighted by Crippen LogP contribution is 2.34. The first-order chi connectivity index (χ1) is 14.9. The van der Waals surface area contributed by atoms with Crippen LogP contribution in [0.1, 0.15) is 13.3 Å². The quantitative estimate of drug-likeness (QED) is 0.733. The Bertz CT molecular complexity index is 1080. The molecule has 0 spiro atoms. The van der Waals surface area contributed by atoms with E-state index in [4.69, 9.17) is 4.74 Å². The van der Waals surface area contributed by atoms with Crippen LogP contribution in [-0.2, 0) is 0 Å². The molecule has 8 nitrogen and oxygen atoms in total. The van der Waals surface area contributed by atoms with Crippen molar-refractivity contribution in [2.24, 2.45) is 17.8 Å². The van der Waals surface area contributed by atoms with Crippen LogP contribution >= 0.6 is 0 Å². The molecule has 31 heavy (non-hydrogen) atoms. The molecule has 0 amide bonds. The number of halogens is 1. The molecule has 2 aromatic heterocycles. The SMILES string of the molecule is COc1nc(N2CC(O)C2)cc(-n2ncc3c2=CC([C@H]2CCN(C)C[C@H]2F)C(C)C=3)n1. The van der Waals surface area contributed by atoms with Gasteiger partial charge in [-0.05, 0) is 37.8 Å². The molecule has 2 aromatic rings. The molecule has 2 aliphatic heterocycles. The Kier molecular flexibility index (Phi) is 5.18. The van der Waals surface area contributed by atoms with Crippen LogP contribution in [0.5, 0.6) is 6.01 Å². The number of hydrogen-bond acceptors (Lipinski definition) is 7. The van der Waals surface area contributed by atoms with E-state index >= 15 is 0 Å². The zero-order chi connectivity index (χ0) is 21.7. The number of piperidine rings is 1. The Morgan fingerprint density at radius 1 is 1.16 bits per heavy atom. The van der Waals surface area contributed by atoms with Gasteiger partial charge in [-0.2, -0.15) is 15.1 Å². The highest BCUT2D eigenvalue weighted by Gasteiger charge is 2.36. The van der Waals surface area contributed by atoms with Gasteiger partial charge in [-0.15, -0.1) is 0 Å². The molecule has 4 heterocycles. The summed E-state index contributed by atoms with van der Waals surface area (Å²) in [4.78, 5) is 13.0. The summed E-state index contributed by atoms with van der Waals surface area (Å²) < 4.78 is 22.0. The van der Waals surface area contributed by atoms with Gasteiger partial charge in [-0.1, -0.05) is 19.1 Å². The van der Waals surface area contributed by atoms with Gasteiger partial charge in [-0.3, -0.25) is 0 Å². The summed E-state index contributed by atoms with van der Waals surface area (Å²) in [5.41, 5.74) is 0. The average molecular weight is 429 g/mol. The molecular formula is C22H29FN6O2. The second-order valence-electron chi connectivity index (χ2n) is 9.03. The van der Waals surface area contributed by atoms with Crippen molar-refractivity contribution < 1.29 is 14.2 Å². The van der Waals surface area contributed by atoms with E-state index in [2.05, 4.69) is 39.0 Å². The minimum atomic E-state index is -0.836. The first-order valence-electron chi connectivity index (χ1n) is 10.9. The maximum atomic E-state index is 14.9. The van der Waals surface area contributed by atoms with Crippen molar-refractivity contribution in [1.29, 1.82) is 0 Å². The van der Waals surface area contributed by atoms with E-state index in [0.29, 0.717) is 31.3 Å². The van der Waals surface area contributed by atoms with Crippen molar-refractivity contribution in [1.82, 2.24) is 24.6 Å². The fourth-order valence-corrected chi connectivity index (χ4v) is 5.00. The van der Waals surface area contributed by atoms with E-state index in [9.17, 15) is 9.50 Å². The molecule has 2 unspecified atom stereocenters. The molecule has 3 aliphatic rings. The van der Waals surface area contributed by atoms with Crippen LogP contribution in [0, 0.1) is 17.8 Å². The first kappa shape index (κ1) is 20.4. The molecule has 0 aromatic carbocycles. The van der Waals surface area contributed by atoms with Crippen LogP contribution < -0.4 is 20.2 Å². The molecule has 0 saturated carbocycles. The Hall–Kier alpha value is -2.52. The summed E-state index contributed by atoms with van der Waals surface area (Å²) in [6.07, 6.45) is 5.88. The van der Waals surface area contributed by atoms with Gasteiger partial charge in [0.05, 0.1) is 24.8 Å². The second kappa shape index (κ2) is 7.87. The van der Waals surface area contributed by atoms with Crippen molar-refractivity contribution in [2.75, 3.05) is 45.2 Å². The third-order valence-corrected chi connectivity index (χ3v) is 6.79. The number of rotatable bonds is 4. The highest BCUT2D eigenvalue weighted by molar-refractivity contribution is 5.49. The van der Waals surface area contributed by atoms with E-state index in [0.717, 1.165) is 23.5 Å². The summed E-state index contributed by atoms with van der Waals surface area (Å²) in [7, 11) is 3.51. The number of hydrogen-bond donors (Lipinski definition) is 1. The van der Waals surface area contributed by atoms with Crippen molar-refractivity contribution in [3.8, 4) is 11.8 Å². The van der Waals surface area contributed by atoms with E-state index < -0.39 is 6.17 Å². The normalized spacial score (nSPS) is 29.0. The molecule has 4 atom stereocenters.